The van der Waals surface area contributed by atoms with Crippen LogP contribution in [0.5, 0.6) is 0 Å². The molecule has 1 aromatic carbocycles. The Bertz CT molecular complexity index is 651. The van der Waals surface area contributed by atoms with E-state index in [1.54, 1.807) is 12.3 Å². The first kappa shape index (κ1) is 12.4. The lowest BCUT2D eigenvalue weighted by Crippen LogP contribution is -2.12. The van der Waals surface area contributed by atoms with Gasteiger partial charge in [0.1, 0.15) is 0 Å². The fourth-order valence-electron chi connectivity index (χ4n) is 2.69. The molecule has 0 spiro atoms. The number of rotatable bonds is 2. The largest absolute Gasteiger partial charge is 0.293 e. The van der Waals surface area contributed by atoms with E-state index in [0.717, 1.165) is 24.1 Å². The smallest absolute Gasteiger partial charge is 0.173 e. The molecule has 1 aliphatic carbocycles. The molecule has 0 saturated carbocycles. The van der Waals surface area contributed by atoms with E-state index in [9.17, 15) is 4.79 Å². The Kier molecular flexibility index (Phi) is 3.11. The number of aromatic nitrogens is 1. The number of hydrogen-bond donors (Lipinski definition) is 0. The van der Waals surface area contributed by atoms with Gasteiger partial charge in [-0.2, -0.15) is 0 Å². The predicted molar refractivity (Wildman–Crippen MR) is 75.8 cm³/mol. The molecule has 1 atom stereocenters. The van der Waals surface area contributed by atoms with Crippen molar-refractivity contribution < 1.29 is 4.79 Å². The van der Waals surface area contributed by atoms with Gasteiger partial charge in [-0.15, -0.1) is 0 Å². The van der Waals surface area contributed by atoms with E-state index < -0.39 is 0 Å². The molecule has 96 valence electrons. The molecule has 0 radical (unpaired) electrons. The number of ketones is 1. The maximum Gasteiger partial charge on any atom is 0.173 e. The molecule has 3 rings (SSSR count). The van der Waals surface area contributed by atoms with Crippen molar-refractivity contribution in [1.29, 1.82) is 0 Å². The number of Topliss-reactive ketones (excluding diaryl/α,β-unsaturated/α-hetero) is 1. The van der Waals surface area contributed by atoms with Crippen LogP contribution in [-0.2, 0) is 6.42 Å². The third kappa shape index (κ3) is 2.06. The van der Waals surface area contributed by atoms with Crippen LogP contribution in [0.15, 0.2) is 36.5 Å². The highest BCUT2D eigenvalue weighted by Crippen LogP contribution is 2.35. The summed E-state index contributed by atoms with van der Waals surface area (Å²) >= 11 is 6.25. The van der Waals surface area contributed by atoms with E-state index in [0.29, 0.717) is 10.6 Å². The van der Waals surface area contributed by atoms with Gasteiger partial charge >= 0.3 is 0 Å². The summed E-state index contributed by atoms with van der Waals surface area (Å²) in [5.41, 5.74) is 3.66. The Morgan fingerprint density at radius 3 is 3.00 bits per heavy atom. The Morgan fingerprint density at radius 1 is 1.32 bits per heavy atom. The molecule has 2 aromatic rings. The monoisotopic (exact) mass is 271 g/mol. The number of halogens is 1. The van der Waals surface area contributed by atoms with E-state index in [-0.39, 0.29) is 11.7 Å². The van der Waals surface area contributed by atoms with Crippen molar-refractivity contribution >= 4 is 17.4 Å². The van der Waals surface area contributed by atoms with Crippen LogP contribution >= 0.6 is 11.6 Å². The number of pyridine rings is 1. The average Bonchev–Trinajstić information content (AvgIpc) is 2.85. The van der Waals surface area contributed by atoms with Crippen molar-refractivity contribution in [2.45, 2.75) is 25.7 Å². The fraction of sp³-hybridized carbons (Fsp3) is 0.250. The minimum absolute atomic E-state index is 0.0890. The second-order valence-electron chi connectivity index (χ2n) is 4.94. The summed E-state index contributed by atoms with van der Waals surface area (Å²) in [6, 6.07) is 9.57. The summed E-state index contributed by atoms with van der Waals surface area (Å²) in [6.45, 7) is 1.92. The highest BCUT2D eigenvalue weighted by Gasteiger charge is 2.31. The predicted octanol–water partition coefficient (Wildman–Crippen LogP) is 3.96. The molecule has 0 amide bonds. The molecule has 1 heterocycles. The quantitative estimate of drug-likeness (QED) is 0.774. The fourth-order valence-corrected chi connectivity index (χ4v) is 2.91. The molecule has 1 aromatic heterocycles. The topological polar surface area (TPSA) is 30.0 Å². The second-order valence-corrected chi connectivity index (χ2v) is 5.32. The van der Waals surface area contributed by atoms with Crippen LogP contribution in [0.25, 0.3) is 0 Å². The Morgan fingerprint density at radius 2 is 2.16 bits per heavy atom. The average molecular weight is 272 g/mol. The molecule has 0 aliphatic heterocycles. The highest BCUT2D eigenvalue weighted by atomic mass is 35.5. The van der Waals surface area contributed by atoms with Crippen molar-refractivity contribution in [3.05, 3.63) is 63.9 Å². The zero-order valence-corrected chi connectivity index (χ0v) is 11.4. The van der Waals surface area contributed by atoms with Gasteiger partial charge in [-0.25, -0.2) is 0 Å². The molecule has 0 fully saturated rings. The number of carbonyl (C=O) groups is 1. The molecule has 0 saturated heterocycles. The first-order chi connectivity index (χ1) is 9.18. The van der Waals surface area contributed by atoms with Crippen LogP contribution < -0.4 is 0 Å². The Balaban J connectivity index is 2.00. The van der Waals surface area contributed by atoms with E-state index in [2.05, 4.69) is 4.98 Å². The van der Waals surface area contributed by atoms with Crippen molar-refractivity contribution in [2.24, 2.45) is 0 Å². The lowest BCUT2D eigenvalue weighted by Gasteiger charge is -2.11. The van der Waals surface area contributed by atoms with Crippen LogP contribution in [-0.4, -0.2) is 10.8 Å². The van der Waals surface area contributed by atoms with Crippen molar-refractivity contribution in [1.82, 2.24) is 4.98 Å². The van der Waals surface area contributed by atoms with Crippen LogP contribution in [0.1, 0.15) is 39.5 Å². The summed E-state index contributed by atoms with van der Waals surface area (Å²) in [7, 11) is 0. The number of fused-ring (bicyclic) bond motifs is 1. The third-order valence-electron chi connectivity index (χ3n) is 3.73. The summed E-state index contributed by atoms with van der Waals surface area (Å²) in [6.07, 6.45) is 3.50. The molecule has 0 N–H and O–H groups in total. The molecule has 1 aliphatic rings. The van der Waals surface area contributed by atoms with Gasteiger partial charge in [0.2, 0.25) is 0 Å². The maximum atomic E-state index is 12.7. The molecule has 2 nitrogen and oxygen atoms in total. The number of hydrogen-bond acceptors (Lipinski definition) is 2. The first-order valence-electron chi connectivity index (χ1n) is 6.41. The summed E-state index contributed by atoms with van der Waals surface area (Å²) in [5.74, 6) is -0.0540. The number of carbonyl (C=O) groups excluding carboxylic acids is 1. The molecular weight excluding hydrogens is 258 g/mol. The minimum atomic E-state index is -0.143. The third-order valence-corrected chi connectivity index (χ3v) is 4.23. The normalized spacial score (nSPS) is 17.3. The number of aryl methyl sites for hydroxylation is 2. The van der Waals surface area contributed by atoms with Gasteiger partial charge in [0.15, 0.2) is 5.78 Å². The highest BCUT2D eigenvalue weighted by molar-refractivity contribution is 6.35. The molecule has 0 bridgehead atoms. The van der Waals surface area contributed by atoms with Gasteiger partial charge in [-0.05, 0) is 43.0 Å². The van der Waals surface area contributed by atoms with E-state index in [4.69, 9.17) is 11.6 Å². The SMILES string of the molecule is Cc1cccc(C(=O)C2CCc3cccnc32)c1Cl. The van der Waals surface area contributed by atoms with Crippen molar-refractivity contribution in [2.75, 3.05) is 0 Å². The van der Waals surface area contributed by atoms with E-state index >= 15 is 0 Å². The summed E-state index contributed by atoms with van der Waals surface area (Å²) in [4.78, 5) is 17.0. The van der Waals surface area contributed by atoms with Crippen LogP contribution in [0.4, 0.5) is 0 Å². The standard InChI is InChI=1S/C16H14ClNO/c1-10-4-2-6-12(14(10)17)16(19)13-8-7-11-5-3-9-18-15(11)13/h2-6,9,13H,7-8H2,1H3. The Labute approximate surface area is 117 Å². The van der Waals surface area contributed by atoms with Crippen LogP contribution in [0.3, 0.4) is 0 Å². The maximum absolute atomic E-state index is 12.7. The number of nitrogens with zero attached hydrogens (tertiary/aromatic N) is 1. The van der Waals surface area contributed by atoms with Gasteiger partial charge < -0.3 is 0 Å². The zero-order valence-electron chi connectivity index (χ0n) is 10.7. The number of benzene rings is 1. The second kappa shape index (κ2) is 4.78. The van der Waals surface area contributed by atoms with Crippen LogP contribution in [0.2, 0.25) is 5.02 Å². The van der Waals surface area contributed by atoms with Crippen molar-refractivity contribution in [3.63, 3.8) is 0 Å². The van der Waals surface area contributed by atoms with Gasteiger partial charge in [0, 0.05) is 11.8 Å². The van der Waals surface area contributed by atoms with Crippen LogP contribution in [0, 0.1) is 6.92 Å². The van der Waals surface area contributed by atoms with Gasteiger partial charge in [-0.3, -0.25) is 9.78 Å². The molecule has 19 heavy (non-hydrogen) atoms. The molecule has 3 heteroatoms. The van der Waals surface area contributed by atoms with Crippen molar-refractivity contribution in [3.8, 4) is 0 Å². The lowest BCUT2D eigenvalue weighted by molar-refractivity contribution is 0.0958. The summed E-state index contributed by atoms with van der Waals surface area (Å²) < 4.78 is 0. The first-order valence-corrected chi connectivity index (χ1v) is 6.79. The van der Waals surface area contributed by atoms with E-state index in [1.807, 2.05) is 31.2 Å². The zero-order chi connectivity index (χ0) is 13.4. The van der Waals surface area contributed by atoms with E-state index in [1.165, 1.54) is 5.56 Å². The summed E-state index contributed by atoms with van der Waals surface area (Å²) in [5, 5.41) is 0.567. The van der Waals surface area contributed by atoms with Gasteiger partial charge in [0.05, 0.1) is 16.6 Å². The Hall–Kier alpha value is -1.67. The lowest BCUT2D eigenvalue weighted by atomic mass is 9.94. The molecule has 1 unspecified atom stereocenters. The van der Waals surface area contributed by atoms with Gasteiger partial charge in [-0.1, -0.05) is 29.8 Å². The minimum Gasteiger partial charge on any atom is -0.293 e. The van der Waals surface area contributed by atoms with Gasteiger partial charge in [0.25, 0.3) is 0 Å². The molecular formula is C16H14ClNO.